The topological polar surface area (TPSA) is 44.5 Å². The Morgan fingerprint density at radius 2 is 1.94 bits per heavy atom. The highest BCUT2D eigenvalue weighted by Gasteiger charge is 2.14. The predicted molar refractivity (Wildman–Crippen MR) is 73.6 cm³/mol. The quantitative estimate of drug-likeness (QED) is 0.819. The Kier molecular flexibility index (Phi) is 5.51. The smallest absolute Gasteiger partial charge is 0.161 e. The van der Waals surface area contributed by atoms with Crippen LogP contribution >= 0.6 is 15.9 Å². The van der Waals surface area contributed by atoms with Crippen LogP contribution in [0, 0.1) is 0 Å². The summed E-state index contributed by atoms with van der Waals surface area (Å²) in [6, 6.07) is 3.75. The van der Waals surface area contributed by atoms with Gasteiger partial charge >= 0.3 is 0 Å². The van der Waals surface area contributed by atoms with Gasteiger partial charge in [0.2, 0.25) is 0 Å². The Hall–Kier alpha value is -1.00. The molecular weight excluding hydrogens is 282 g/mol. The van der Waals surface area contributed by atoms with Crippen molar-refractivity contribution in [3.8, 4) is 11.5 Å². The molecule has 2 N–H and O–H groups in total. The molecule has 0 spiro atoms. The Morgan fingerprint density at radius 1 is 1.35 bits per heavy atom. The molecule has 94 valence electrons. The van der Waals surface area contributed by atoms with E-state index in [0.29, 0.717) is 11.5 Å². The monoisotopic (exact) mass is 299 g/mol. The number of methoxy groups -OCH3 is 2. The summed E-state index contributed by atoms with van der Waals surface area (Å²) >= 11 is 3.50. The van der Waals surface area contributed by atoms with Crippen LogP contribution < -0.4 is 15.2 Å². The zero-order valence-corrected chi connectivity index (χ0v) is 11.8. The highest BCUT2D eigenvalue weighted by Crippen LogP contribution is 2.36. The van der Waals surface area contributed by atoms with Crippen molar-refractivity contribution in [1.29, 1.82) is 0 Å². The Bertz CT molecular complexity index is 393. The molecule has 0 aliphatic carbocycles. The number of halogens is 1. The number of rotatable bonds is 6. The molecule has 0 saturated carbocycles. The van der Waals surface area contributed by atoms with Gasteiger partial charge in [-0.1, -0.05) is 22.0 Å². The molecular formula is C13H18BrNO2. The Balaban J connectivity index is 3.03. The number of ether oxygens (including phenoxy) is 2. The second kappa shape index (κ2) is 6.67. The van der Waals surface area contributed by atoms with Crippen LogP contribution in [-0.2, 0) is 0 Å². The average Bonchev–Trinajstić information content (AvgIpc) is 2.35. The van der Waals surface area contributed by atoms with E-state index in [2.05, 4.69) is 22.5 Å². The highest BCUT2D eigenvalue weighted by atomic mass is 79.9. The van der Waals surface area contributed by atoms with E-state index in [-0.39, 0.29) is 6.04 Å². The fourth-order valence-electron chi connectivity index (χ4n) is 1.61. The third-order valence-electron chi connectivity index (χ3n) is 2.58. The minimum Gasteiger partial charge on any atom is -0.493 e. The van der Waals surface area contributed by atoms with Gasteiger partial charge in [0.15, 0.2) is 11.5 Å². The molecule has 0 amide bonds. The van der Waals surface area contributed by atoms with Gasteiger partial charge in [-0.2, -0.15) is 0 Å². The fraction of sp³-hybridized carbons (Fsp3) is 0.385. The van der Waals surface area contributed by atoms with Crippen LogP contribution in [0.5, 0.6) is 11.5 Å². The van der Waals surface area contributed by atoms with E-state index in [9.17, 15) is 0 Å². The number of nitrogens with two attached hydrogens (primary N) is 1. The summed E-state index contributed by atoms with van der Waals surface area (Å²) in [6.07, 6.45) is 3.62. The zero-order valence-electron chi connectivity index (χ0n) is 10.2. The second-order valence-corrected chi connectivity index (χ2v) is 4.56. The van der Waals surface area contributed by atoms with Crippen molar-refractivity contribution >= 4 is 15.9 Å². The molecule has 0 aliphatic heterocycles. The van der Waals surface area contributed by atoms with E-state index in [1.54, 1.807) is 14.2 Å². The first kappa shape index (κ1) is 14.1. The predicted octanol–water partition coefficient (Wildman–Crippen LogP) is 3.43. The first-order chi connectivity index (χ1) is 8.13. The maximum Gasteiger partial charge on any atom is 0.161 e. The van der Waals surface area contributed by atoms with E-state index >= 15 is 0 Å². The van der Waals surface area contributed by atoms with Gasteiger partial charge in [0.05, 0.1) is 14.2 Å². The lowest BCUT2D eigenvalue weighted by Gasteiger charge is -2.16. The molecule has 1 atom stereocenters. The first-order valence-corrected chi connectivity index (χ1v) is 6.21. The van der Waals surface area contributed by atoms with Crippen LogP contribution in [0.25, 0.3) is 0 Å². The molecule has 4 heteroatoms. The number of hydrogen-bond acceptors (Lipinski definition) is 3. The normalized spacial score (nSPS) is 12.0. The van der Waals surface area contributed by atoms with Gasteiger partial charge in [-0.3, -0.25) is 0 Å². The van der Waals surface area contributed by atoms with Crippen molar-refractivity contribution in [3.05, 3.63) is 34.8 Å². The van der Waals surface area contributed by atoms with Crippen molar-refractivity contribution in [3.63, 3.8) is 0 Å². The molecule has 0 fully saturated rings. The standard InChI is InChI=1S/C13H18BrNO2/c1-4-5-6-11(15)9-7-12(16-2)13(17-3)8-10(9)14/h4,7-8,11H,1,5-6,15H2,2-3H3/t11-/m1/s1. The van der Waals surface area contributed by atoms with Crippen molar-refractivity contribution in [2.75, 3.05) is 14.2 Å². The summed E-state index contributed by atoms with van der Waals surface area (Å²) in [6.45, 7) is 3.70. The van der Waals surface area contributed by atoms with E-state index < -0.39 is 0 Å². The molecule has 0 heterocycles. The minimum absolute atomic E-state index is 0.0396. The van der Waals surface area contributed by atoms with Crippen LogP contribution in [0.2, 0.25) is 0 Å². The molecule has 0 aromatic heterocycles. The molecule has 1 aromatic carbocycles. The molecule has 0 radical (unpaired) electrons. The molecule has 3 nitrogen and oxygen atoms in total. The van der Waals surface area contributed by atoms with Crippen molar-refractivity contribution < 1.29 is 9.47 Å². The summed E-state index contributed by atoms with van der Waals surface area (Å²) in [4.78, 5) is 0. The molecule has 17 heavy (non-hydrogen) atoms. The van der Waals surface area contributed by atoms with Crippen molar-refractivity contribution in [1.82, 2.24) is 0 Å². The van der Waals surface area contributed by atoms with E-state index in [0.717, 1.165) is 22.9 Å². The van der Waals surface area contributed by atoms with Gasteiger partial charge in [-0.15, -0.1) is 6.58 Å². The lowest BCUT2D eigenvalue weighted by molar-refractivity contribution is 0.354. The fourth-order valence-corrected chi connectivity index (χ4v) is 2.22. The van der Waals surface area contributed by atoms with E-state index in [4.69, 9.17) is 15.2 Å². The van der Waals surface area contributed by atoms with Crippen LogP contribution in [0.15, 0.2) is 29.3 Å². The lowest BCUT2D eigenvalue weighted by Crippen LogP contribution is -2.11. The molecule has 1 rings (SSSR count). The number of hydrogen-bond donors (Lipinski definition) is 1. The summed E-state index contributed by atoms with van der Waals surface area (Å²) in [7, 11) is 3.23. The number of benzene rings is 1. The SMILES string of the molecule is C=CCC[C@@H](N)c1cc(OC)c(OC)cc1Br. The van der Waals surface area contributed by atoms with Gasteiger partial charge < -0.3 is 15.2 Å². The van der Waals surface area contributed by atoms with Crippen molar-refractivity contribution in [2.45, 2.75) is 18.9 Å². The average molecular weight is 300 g/mol. The zero-order chi connectivity index (χ0) is 12.8. The van der Waals surface area contributed by atoms with Gasteiger partial charge in [0.25, 0.3) is 0 Å². The van der Waals surface area contributed by atoms with E-state index in [1.807, 2.05) is 18.2 Å². The maximum atomic E-state index is 6.12. The Morgan fingerprint density at radius 3 is 2.47 bits per heavy atom. The summed E-state index contributed by atoms with van der Waals surface area (Å²) in [5.41, 5.74) is 7.14. The summed E-state index contributed by atoms with van der Waals surface area (Å²) < 4.78 is 11.4. The minimum atomic E-state index is -0.0396. The maximum absolute atomic E-state index is 6.12. The van der Waals surface area contributed by atoms with Crippen molar-refractivity contribution in [2.24, 2.45) is 5.73 Å². The van der Waals surface area contributed by atoms with Crippen LogP contribution in [-0.4, -0.2) is 14.2 Å². The van der Waals surface area contributed by atoms with E-state index in [1.165, 1.54) is 0 Å². The molecule has 0 aliphatic rings. The number of allylic oxidation sites excluding steroid dienone is 1. The highest BCUT2D eigenvalue weighted by molar-refractivity contribution is 9.10. The van der Waals surface area contributed by atoms with Crippen LogP contribution in [0.1, 0.15) is 24.4 Å². The Labute approximate surface area is 111 Å². The van der Waals surface area contributed by atoms with Crippen LogP contribution in [0.3, 0.4) is 0 Å². The second-order valence-electron chi connectivity index (χ2n) is 3.70. The third kappa shape index (κ3) is 3.48. The summed E-state index contributed by atoms with van der Waals surface area (Å²) in [5.74, 6) is 1.39. The summed E-state index contributed by atoms with van der Waals surface area (Å²) in [5, 5.41) is 0. The largest absolute Gasteiger partial charge is 0.493 e. The van der Waals surface area contributed by atoms with Gasteiger partial charge in [-0.05, 0) is 30.5 Å². The van der Waals surface area contributed by atoms with Crippen LogP contribution in [0.4, 0.5) is 0 Å². The molecule has 0 bridgehead atoms. The van der Waals surface area contributed by atoms with Gasteiger partial charge in [-0.25, -0.2) is 0 Å². The molecule has 1 aromatic rings. The first-order valence-electron chi connectivity index (χ1n) is 5.42. The van der Waals surface area contributed by atoms with Gasteiger partial charge in [0, 0.05) is 10.5 Å². The van der Waals surface area contributed by atoms with Gasteiger partial charge in [0.1, 0.15) is 0 Å². The molecule has 0 saturated heterocycles. The third-order valence-corrected chi connectivity index (χ3v) is 3.27. The molecule has 0 unspecified atom stereocenters. The lowest BCUT2D eigenvalue weighted by atomic mass is 10.0.